The van der Waals surface area contributed by atoms with Gasteiger partial charge in [-0.25, -0.2) is 0 Å². The predicted molar refractivity (Wildman–Crippen MR) is 80.9 cm³/mol. The maximum atomic E-state index is 11.9. The fraction of sp³-hybridized carbons (Fsp3) is 0. The molecule has 0 aliphatic rings. The third-order valence-electron chi connectivity index (χ3n) is 2.55. The van der Waals surface area contributed by atoms with Crippen LogP contribution < -0.4 is 0 Å². The summed E-state index contributed by atoms with van der Waals surface area (Å²) in [5, 5.41) is 2.29. The largest absolute Gasteiger partial charge is 0.289 e. The van der Waals surface area contributed by atoms with Crippen LogP contribution in [0.2, 0.25) is 0 Å². The van der Waals surface area contributed by atoms with Gasteiger partial charge in [0.1, 0.15) is 0 Å². The SMILES string of the molecule is O=C(/C=C/c1ccccc1)c1ccc(N=C=S)cc1. The van der Waals surface area contributed by atoms with E-state index >= 15 is 0 Å². The number of aliphatic imine (C=N–C) groups is 1. The maximum Gasteiger partial charge on any atom is 0.185 e. The Hall–Kier alpha value is -2.35. The van der Waals surface area contributed by atoms with E-state index in [0.717, 1.165) is 5.56 Å². The van der Waals surface area contributed by atoms with Crippen LogP contribution in [0.15, 0.2) is 65.7 Å². The van der Waals surface area contributed by atoms with E-state index in [1.165, 1.54) is 0 Å². The number of nitrogens with zero attached hydrogens (tertiary/aromatic N) is 1. The van der Waals surface area contributed by atoms with Gasteiger partial charge in [-0.2, -0.15) is 4.99 Å². The molecule has 2 rings (SSSR count). The molecular weight excluding hydrogens is 254 g/mol. The molecule has 2 aromatic rings. The zero-order chi connectivity index (χ0) is 13.5. The lowest BCUT2D eigenvalue weighted by molar-refractivity contribution is 0.104. The Labute approximate surface area is 117 Å². The molecule has 92 valence electrons. The van der Waals surface area contributed by atoms with Crippen LogP contribution in [0.25, 0.3) is 6.08 Å². The molecule has 0 saturated carbocycles. The summed E-state index contributed by atoms with van der Waals surface area (Å²) >= 11 is 4.52. The normalized spacial score (nSPS) is 10.1. The Bertz CT molecular complexity index is 638. The van der Waals surface area contributed by atoms with Gasteiger partial charge in [0.25, 0.3) is 0 Å². The van der Waals surface area contributed by atoms with Crippen LogP contribution in [0.4, 0.5) is 5.69 Å². The number of thiocarbonyl (C=S) groups is 1. The molecule has 2 aromatic carbocycles. The fourth-order valence-electron chi connectivity index (χ4n) is 1.59. The van der Waals surface area contributed by atoms with E-state index in [2.05, 4.69) is 22.4 Å². The highest BCUT2D eigenvalue weighted by atomic mass is 32.1. The van der Waals surface area contributed by atoms with Crippen molar-refractivity contribution in [1.29, 1.82) is 0 Å². The highest BCUT2D eigenvalue weighted by Gasteiger charge is 2.01. The molecule has 2 nitrogen and oxygen atoms in total. The minimum Gasteiger partial charge on any atom is -0.289 e. The number of rotatable bonds is 4. The van der Waals surface area contributed by atoms with E-state index in [1.807, 2.05) is 30.3 Å². The molecular formula is C16H11NOS. The van der Waals surface area contributed by atoms with Crippen LogP contribution in [-0.2, 0) is 0 Å². The molecule has 0 heterocycles. The van der Waals surface area contributed by atoms with Crippen LogP contribution >= 0.6 is 12.2 Å². The number of carbonyl (C=O) groups is 1. The van der Waals surface area contributed by atoms with Crippen LogP contribution in [0.1, 0.15) is 15.9 Å². The van der Waals surface area contributed by atoms with Gasteiger partial charge in [-0.15, -0.1) is 0 Å². The van der Waals surface area contributed by atoms with E-state index in [1.54, 1.807) is 36.4 Å². The summed E-state index contributed by atoms with van der Waals surface area (Å²) in [7, 11) is 0. The van der Waals surface area contributed by atoms with E-state index < -0.39 is 0 Å². The average Bonchev–Trinajstić information content (AvgIpc) is 2.47. The summed E-state index contributed by atoms with van der Waals surface area (Å²) in [6.45, 7) is 0. The summed E-state index contributed by atoms with van der Waals surface area (Å²) in [6, 6.07) is 16.6. The molecule has 0 bridgehead atoms. The van der Waals surface area contributed by atoms with Crippen LogP contribution in [0.3, 0.4) is 0 Å². The quantitative estimate of drug-likeness (QED) is 0.356. The summed E-state index contributed by atoms with van der Waals surface area (Å²) in [6.07, 6.45) is 3.36. The minimum atomic E-state index is -0.0401. The second kappa shape index (κ2) is 6.55. The topological polar surface area (TPSA) is 29.4 Å². The lowest BCUT2D eigenvalue weighted by Crippen LogP contribution is -1.92. The first-order valence-electron chi connectivity index (χ1n) is 5.75. The van der Waals surface area contributed by atoms with Gasteiger partial charge >= 0.3 is 0 Å². The second-order valence-corrected chi connectivity index (χ2v) is 4.04. The second-order valence-electron chi connectivity index (χ2n) is 3.86. The number of ketones is 1. The lowest BCUT2D eigenvalue weighted by Gasteiger charge is -1.96. The predicted octanol–water partition coefficient (Wildman–Crippen LogP) is 4.32. The third-order valence-corrected chi connectivity index (χ3v) is 2.64. The molecule has 19 heavy (non-hydrogen) atoms. The zero-order valence-electron chi connectivity index (χ0n) is 10.1. The molecule has 0 aliphatic carbocycles. The van der Waals surface area contributed by atoms with Gasteiger partial charge in [0.2, 0.25) is 0 Å². The number of hydrogen-bond donors (Lipinski definition) is 0. The highest BCUT2D eigenvalue weighted by Crippen LogP contribution is 2.13. The smallest absolute Gasteiger partial charge is 0.185 e. The molecule has 0 aliphatic heterocycles. The molecule has 0 unspecified atom stereocenters. The third kappa shape index (κ3) is 3.81. The van der Waals surface area contributed by atoms with E-state index in [4.69, 9.17) is 0 Å². The number of benzene rings is 2. The molecule has 0 amide bonds. The average molecular weight is 265 g/mol. The van der Waals surface area contributed by atoms with Crippen molar-refractivity contribution >= 4 is 34.9 Å². The molecule has 0 fully saturated rings. The van der Waals surface area contributed by atoms with Crippen LogP contribution in [-0.4, -0.2) is 10.9 Å². The Balaban J connectivity index is 2.12. The fourth-order valence-corrected chi connectivity index (χ4v) is 1.69. The first-order chi connectivity index (χ1) is 9.29. The van der Waals surface area contributed by atoms with Crippen molar-refractivity contribution in [3.63, 3.8) is 0 Å². The first-order valence-corrected chi connectivity index (χ1v) is 6.16. The van der Waals surface area contributed by atoms with Crippen LogP contribution in [0.5, 0.6) is 0 Å². The van der Waals surface area contributed by atoms with Gasteiger partial charge in [0.15, 0.2) is 5.78 Å². The van der Waals surface area contributed by atoms with Gasteiger partial charge in [-0.05, 0) is 48.1 Å². The van der Waals surface area contributed by atoms with Gasteiger partial charge in [0.05, 0.1) is 10.8 Å². The van der Waals surface area contributed by atoms with Crippen molar-refractivity contribution in [3.8, 4) is 0 Å². The highest BCUT2D eigenvalue weighted by molar-refractivity contribution is 7.78. The van der Waals surface area contributed by atoms with Crippen molar-refractivity contribution in [1.82, 2.24) is 0 Å². The molecule has 0 saturated heterocycles. The van der Waals surface area contributed by atoms with E-state index in [-0.39, 0.29) is 5.78 Å². The van der Waals surface area contributed by atoms with E-state index in [0.29, 0.717) is 11.3 Å². The van der Waals surface area contributed by atoms with E-state index in [9.17, 15) is 4.79 Å². The van der Waals surface area contributed by atoms with Crippen molar-refractivity contribution in [2.75, 3.05) is 0 Å². The Kier molecular flexibility index (Phi) is 4.51. The van der Waals surface area contributed by atoms with Gasteiger partial charge in [0, 0.05) is 5.56 Å². The number of allylic oxidation sites excluding steroid dienone is 1. The number of hydrogen-bond acceptors (Lipinski definition) is 3. The monoisotopic (exact) mass is 265 g/mol. The summed E-state index contributed by atoms with van der Waals surface area (Å²) in [5.74, 6) is -0.0401. The van der Waals surface area contributed by atoms with Crippen molar-refractivity contribution in [2.24, 2.45) is 4.99 Å². The standard InChI is InChI=1S/C16H11NOS/c18-16(11-6-13-4-2-1-3-5-13)14-7-9-15(10-8-14)17-12-19/h1-11H/b11-6+. The number of isothiocyanates is 1. The zero-order valence-corrected chi connectivity index (χ0v) is 10.9. The van der Waals surface area contributed by atoms with Crippen molar-refractivity contribution in [3.05, 3.63) is 71.8 Å². The Morgan fingerprint density at radius 2 is 1.74 bits per heavy atom. The van der Waals surface area contributed by atoms with Crippen LogP contribution in [0, 0.1) is 0 Å². The summed E-state index contributed by atoms with van der Waals surface area (Å²) in [4.78, 5) is 15.8. The molecule has 0 aromatic heterocycles. The Morgan fingerprint density at radius 1 is 1.05 bits per heavy atom. The van der Waals surface area contributed by atoms with Gasteiger partial charge in [-0.3, -0.25) is 4.79 Å². The molecule has 0 atom stereocenters. The van der Waals surface area contributed by atoms with Crippen molar-refractivity contribution in [2.45, 2.75) is 0 Å². The van der Waals surface area contributed by atoms with Gasteiger partial charge < -0.3 is 0 Å². The molecule has 3 heteroatoms. The summed E-state index contributed by atoms with van der Waals surface area (Å²) < 4.78 is 0. The molecule has 0 N–H and O–H groups in total. The minimum absolute atomic E-state index is 0.0401. The maximum absolute atomic E-state index is 11.9. The Morgan fingerprint density at radius 3 is 2.37 bits per heavy atom. The first kappa shape index (κ1) is 13.1. The number of carbonyl (C=O) groups excluding carboxylic acids is 1. The summed E-state index contributed by atoms with van der Waals surface area (Å²) in [5.41, 5.74) is 2.31. The molecule has 0 radical (unpaired) electrons. The van der Waals surface area contributed by atoms with Crippen molar-refractivity contribution < 1.29 is 4.79 Å². The lowest BCUT2D eigenvalue weighted by atomic mass is 10.1. The van der Waals surface area contributed by atoms with Gasteiger partial charge in [-0.1, -0.05) is 36.4 Å². The molecule has 0 spiro atoms.